The molecule has 0 bridgehead atoms. The van der Waals surface area contributed by atoms with E-state index in [1.54, 1.807) is 34.9 Å². The van der Waals surface area contributed by atoms with Crippen LogP contribution in [0.3, 0.4) is 0 Å². The lowest BCUT2D eigenvalue weighted by Crippen LogP contribution is -2.16. The zero-order valence-electron chi connectivity index (χ0n) is 13.7. The van der Waals surface area contributed by atoms with Crippen LogP contribution in [0.4, 0.5) is 5.69 Å². The van der Waals surface area contributed by atoms with E-state index in [1.807, 2.05) is 12.1 Å². The number of halogens is 1. The first kappa shape index (κ1) is 16.3. The summed E-state index contributed by atoms with van der Waals surface area (Å²) >= 11 is 6.12. The summed E-state index contributed by atoms with van der Waals surface area (Å²) in [5, 5.41) is 12.9. The van der Waals surface area contributed by atoms with E-state index in [4.69, 9.17) is 11.6 Å². The summed E-state index contributed by atoms with van der Waals surface area (Å²) < 4.78 is 1.61. The molecule has 0 saturated carbocycles. The molecule has 2 heterocycles. The van der Waals surface area contributed by atoms with E-state index in [9.17, 15) is 9.90 Å². The van der Waals surface area contributed by atoms with Gasteiger partial charge in [-0.1, -0.05) is 44.5 Å². The first-order valence-electron chi connectivity index (χ1n) is 7.55. The average molecular weight is 344 g/mol. The maximum Gasteiger partial charge on any atom is 0.276 e. The molecule has 3 rings (SSSR count). The molecule has 1 amide bonds. The number of phenolic OH excluding ortho intramolecular Hbond substituents is 1. The zero-order valence-corrected chi connectivity index (χ0v) is 14.4. The number of fused-ring (bicyclic) bond motifs is 1. The van der Waals surface area contributed by atoms with E-state index in [-0.39, 0.29) is 22.0 Å². The Labute approximate surface area is 144 Å². The summed E-state index contributed by atoms with van der Waals surface area (Å²) in [5.74, 6) is -0.429. The van der Waals surface area contributed by atoms with Gasteiger partial charge < -0.3 is 10.4 Å². The Morgan fingerprint density at radius 1 is 1.25 bits per heavy atom. The number of nitrogens with zero attached hydrogens (tertiary/aromatic N) is 2. The first-order valence-corrected chi connectivity index (χ1v) is 7.92. The number of carbonyl (C=O) groups excluding carboxylic acids is 1. The summed E-state index contributed by atoms with van der Waals surface area (Å²) in [6.07, 6.45) is 1.72. The van der Waals surface area contributed by atoms with E-state index < -0.39 is 5.91 Å². The van der Waals surface area contributed by atoms with E-state index >= 15 is 0 Å². The second-order valence-corrected chi connectivity index (χ2v) is 6.97. The molecule has 0 radical (unpaired) electrons. The molecule has 0 aliphatic rings. The van der Waals surface area contributed by atoms with Crippen LogP contribution in [0, 0.1) is 0 Å². The summed E-state index contributed by atoms with van der Waals surface area (Å²) in [7, 11) is 0. The summed E-state index contributed by atoms with van der Waals surface area (Å²) in [4.78, 5) is 16.8. The minimum atomic E-state index is -0.431. The smallest absolute Gasteiger partial charge is 0.276 e. The summed E-state index contributed by atoms with van der Waals surface area (Å²) in [5.41, 5.74) is 2.05. The van der Waals surface area contributed by atoms with Crippen molar-refractivity contribution in [1.29, 1.82) is 0 Å². The van der Waals surface area contributed by atoms with Crippen LogP contribution >= 0.6 is 11.6 Å². The molecule has 0 aliphatic carbocycles. The molecule has 0 aliphatic heterocycles. The van der Waals surface area contributed by atoms with Gasteiger partial charge in [0.05, 0.1) is 5.69 Å². The molecule has 2 aromatic heterocycles. The third kappa shape index (κ3) is 2.95. The topological polar surface area (TPSA) is 66.6 Å². The SMILES string of the molecule is CC(C)(C)c1ccc(O)c(NC(=O)c2c(Cl)nc3ccccn23)c1. The molecule has 5 nitrogen and oxygen atoms in total. The number of aromatic hydroxyl groups is 1. The molecule has 2 N–H and O–H groups in total. The van der Waals surface area contributed by atoms with E-state index in [2.05, 4.69) is 31.1 Å². The van der Waals surface area contributed by atoms with Gasteiger partial charge in [-0.25, -0.2) is 4.98 Å². The Balaban J connectivity index is 1.99. The number of phenols is 1. The van der Waals surface area contributed by atoms with Crippen molar-refractivity contribution in [3.63, 3.8) is 0 Å². The number of aromatic nitrogens is 2. The van der Waals surface area contributed by atoms with Crippen LogP contribution in [0.5, 0.6) is 5.75 Å². The molecule has 6 heteroatoms. The third-order valence-corrected chi connectivity index (χ3v) is 4.08. The summed E-state index contributed by atoms with van der Waals surface area (Å²) in [6, 6.07) is 10.6. The van der Waals surface area contributed by atoms with Crippen LogP contribution in [0.2, 0.25) is 5.15 Å². The lowest BCUT2D eigenvalue weighted by molar-refractivity contribution is 0.102. The molecule has 0 atom stereocenters. The molecular weight excluding hydrogens is 326 g/mol. The fraction of sp³-hybridized carbons (Fsp3) is 0.222. The van der Waals surface area contributed by atoms with Crippen molar-refractivity contribution >= 4 is 28.8 Å². The van der Waals surface area contributed by atoms with Gasteiger partial charge in [0.15, 0.2) is 10.8 Å². The van der Waals surface area contributed by atoms with Gasteiger partial charge in [-0.05, 0) is 35.2 Å². The van der Waals surface area contributed by atoms with E-state index in [0.29, 0.717) is 11.3 Å². The Morgan fingerprint density at radius 3 is 2.71 bits per heavy atom. The van der Waals surface area contributed by atoms with Crippen molar-refractivity contribution in [2.24, 2.45) is 0 Å². The molecule has 0 saturated heterocycles. The molecular formula is C18H18ClN3O2. The highest BCUT2D eigenvalue weighted by Crippen LogP contribution is 2.31. The lowest BCUT2D eigenvalue weighted by Gasteiger charge is -2.20. The molecule has 24 heavy (non-hydrogen) atoms. The van der Waals surface area contributed by atoms with Crippen molar-refractivity contribution in [3.05, 3.63) is 59.0 Å². The standard InChI is InChI=1S/C18H18ClN3O2/c1-18(2,3)11-7-8-13(23)12(10-11)20-17(24)15-16(19)21-14-6-4-5-9-22(14)15/h4-10,23H,1-3H3,(H,20,24). The predicted molar refractivity (Wildman–Crippen MR) is 95.0 cm³/mol. The fourth-order valence-corrected chi connectivity index (χ4v) is 2.72. The largest absolute Gasteiger partial charge is 0.506 e. The second kappa shape index (κ2) is 5.83. The number of anilines is 1. The summed E-state index contributed by atoms with van der Waals surface area (Å²) in [6.45, 7) is 6.19. The Hall–Kier alpha value is -2.53. The highest BCUT2D eigenvalue weighted by atomic mass is 35.5. The van der Waals surface area contributed by atoms with Crippen LogP contribution in [0.15, 0.2) is 42.6 Å². The molecule has 0 unspecified atom stereocenters. The van der Waals surface area contributed by atoms with Crippen molar-refractivity contribution in [1.82, 2.24) is 9.38 Å². The first-order chi connectivity index (χ1) is 11.3. The lowest BCUT2D eigenvalue weighted by atomic mass is 9.87. The van der Waals surface area contributed by atoms with Gasteiger partial charge in [-0.2, -0.15) is 0 Å². The van der Waals surface area contributed by atoms with Crippen LogP contribution in [0.1, 0.15) is 36.8 Å². The number of pyridine rings is 1. The Kier molecular flexibility index (Phi) is 3.97. The van der Waals surface area contributed by atoms with Crippen molar-refractivity contribution in [3.8, 4) is 5.75 Å². The zero-order chi connectivity index (χ0) is 17.5. The number of amides is 1. The van der Waals surface area contributed by atoms with Crippen LogP contribution < -0.4 is 5.32 Å². The van der Waals surface area contributed by atoms with Crippen LogP contribution in [-0.4, -0.2) is 20.4 Å². The fourth-order valence-electron chi connectivity index (χ4n) is 2.45. The number of rotatable bonds is 2. The van der Waals surface area contributed by atoms with Gasteiger partial charge in [-0.15, -0.1) is 0 Å². The van der Waals surface area contributed by atoms with Gasteiger partial charge in [0.1, 0.15) is 11.4 Å². The molecule has 0 spiro atoms. The maximum atomic E-state index is 12.7. The van der Waals surface area contributed by atoms with Gasteiger partial charge in [0, 0.05) is 6.20 Å². The number of hydrogen-bond acceptors (Lipinski definition) is 3. The average Bonchev–Trinajstić information content (AvgIpc) is 2.84. The van der Waals surface area contributed by atoms with Crippen molar-refractivity contribution in [2.75, 3.05) is 5.32 Å². The normalized spacial score (nSPS) is 11.7. The molecule has 0 fully saturated rings. The Morgan fingerprint density at radius 2 is 2.00 bits per heavy atom. The van der Waals surface area contributed by atoms with Gasteiger partial charge >= 0.3 is 0 Å². The number of nitrogens with one attached hydrogen (secondary N) is 1. The van der Waals surface area contributed by atoms with E-state index in [0.717, 1.165) is 5.56 Å². The van der Waals surface area contributed by atoms with Crippen LogP contribution in [0.25, 0.3) is 5.65 Å². The third-order valence-electron chi connectivity index (χ3n) is 3.81. The van der Waals surface area contributed by atoms with Gasteiger partial charge in [0.2, 0.25) is 0 Å². The molecule has 1 aromatic carbocycles. The van der Waals surface area contributed by atoms with Gasteiger partial charge in [-0.3, -0.25) is 9.20 Å². The maximum absolute atomic E-state index is 12.7. The minimum absolute atomic E-state index is 0.00120. The van der Waals surface area contributed by atoms with Gasteiger partial charge in [0.25, 0.3) is 5.91 Å². The molecule has 124 valence electrons. The predicted octanol–water partition coefficient (Wildman–Crippen LogP) is 4.24. The molecule has 3 aromatic rings. The van der Waals surface area contributed by atoms with Crippen LogP contribution in [-0.2, 0) is 5.41 Å². The van der Waals surface area contributed by atoms with E-state index in [1.165, 1.54) is 0 Å². The quantitative estimate of drug-likeness (QED) is 0.684. The van der Waals surface area contributed by atoms with Crippen molar-refractivity contribution < 1.29 is 9.90 Å². The number of carbonyl (C=O) groups is 1. The highest BCUT2D eigenvalue weighted by Gasteiger charge is 2.20. The second-order valence-electron chi connectivity index (χ2n) is 6.62. The number of imidazole rings is 1. The minimum Gasteiger partial charge on any atom is -0.506 e. The monoisotopic (exact) mass is 343 g/mol. The Bertz CT molecular complexity index is 926. The number of hydrogen-bond donors (Lipinski definition) is 2. The number of benzene rings is 1. The van der Waals surface area contributed by atoms with Crippen molar-refractivity contribution in [2.45, 2.75) is 26.2 Å². The highest BCUT2D eigenvalue weighted by molar-refractivity contribution is 6.33.